The van der Waals surface area contributed by atoms with E-state index in [2.05, 4.69) is 83.5 Å². The zero-order chi connectivity index (χ0) is 14.3. The summed E-state index contributed by atoms with van der Waals surface area (Å²) in [6.07, 6.45) is 1.05. The van der Waals surface area contributed by atoms with Crippen molar-refractivity contribution in [2.24, 2.45) is 0 Å². The van der Waals surface area contributed by atoms with Gasteiger partial charge in [-0.2, -0.15) is 0 Å². The van der Waals surface area contributed by atoms with E-state index in [1.165, 1.54) is 16.0 Å². The fourth-order valence-electron chi connectivity index (χ4n) is 2.49. The van der Waals surface area contributed by atoms with Gasteiger partial charge in [-0.3, -0.25) is 0 Å². The van der Waals surface area contributed by atoms with Gasteiger partial charge in [0.1, 0.15) is 0 Å². The van der Waals surface area contributed by atoms with Crippen molar-refractivity contribution in [3.05, 3.63) is 94.2 Å². The molecule has 1 nitrogen and oxygen atoms in total. The summed E-state index contributed by atoms with van der Waals surface area (Å²) >= 11 is 1.81. The number of nitrogens with one attached hydrogen (secondary N) is 1. The molecular weight excluding hydrogens is 274 g/mol. The smallest absolute Gasteiger partial charge is 0.0671 e. The summed E-state index contributed by atoms with van der Waals surface area (Å²) in [4.78, 5) is 1.37. The van der Waals surface area contributed by atoms with Gasteiger partial charge in [-0.05, 0) is 29.0 Å². The van der Waals surface area contributed by atoms with E-state index in [9.17, 15) is 0 Å². The molecule has 0 fully saturated rings. The highest BCUT2D eigenvalue weighted by Gasteiger charge is 2.13. The van der Waals surface area contributed by atoms with Gasteiger partial charge in [0.05, 0.1) is 6.04 Å². The fourth-order valence-corrected chi connectivity index (χ4v) is 3.32. The molecule has 0 aliphatic heterocycles. The van der Waals surface area contributed by atoms with Crippen LogP contribution in [0.25, 0.3) is 0 Å². The highest BCUT2D eigenvalue weighted by atomic mass is 32.1. The van der Waals surface area contributed by atoms with Gasteiger partial charge in [0, 0.05) is 11.4 Å². The number of rotatable bonds is 6. The Labute approximate surface area is 130 Å². The average Bonchev–Trinajstić information content (AvgIpc) is 3.07. The van der Waals surface area contributed by atoms with Crippen LogP contribution in [0.2, 0.25) is 0 Å². The van der Waals surface area contributed by atoms with Crippen LogP contribution in [-0.4, -0.2) is 6.54 Å². The van der Waals surface area contributed by atoms with E-state index in [1.807, 2.05) is 11.3 Å². The monoisotopic (exact) mass is 293 g/mol. The molecule has 2 heteroatoms. The molecule has 0 radical (unpaired) electrons. The van der Waals surface area contributed by atoms with E-state index in [-0.39, 0.29) is 6.04 Å². The summed E-state index contributed by atoms with van der Waals surface area (Å²) in [6.45, 7) is 0.974. The molecule has 1 heterocycles. The average molecular weight is 293 g/mol. The third kappa shape index (κ3) is 3.81. The van der Waals surface area contributed by atoms with E-state index in [4.69, 9.17) is 0 Å². The van der Waals surface area contributed by atoms with Crippen LogP contribution in [0.5, 0.6) is 0 Å². The van der Waals surface area contributed by atoms with E-state index in [0.29, 0.717) is 0 Å². The Morgan fingerprint density at radius 1 is 0.810 bits per heavy atom. The first kappa shape index (κ1) is 14.1. The summed E-state index contributed by atoms with van der Waals surface area (Å²) < 4.78 is 0. The van der Waals surface area contributed by atoms with Gasteiger partial charge in [0.25, 0.3) is 0 Å². The van der Waals surface area contributed by atoms with Crippen LogP contribution in [-0.2, 0) is 6.42 Å². The summed E-state index contributed by atoms with van der Waals surface area (Å²) in [5.74, 6) is 0. The van der Waals surface area contributed by atoms with Gasteiger partial charge in [0.2, 0.25) is 0 Å². The maximum atomic E-state index is 3.70. The molecule has 0 spiro atoms. The molecule has 0 aliphatic carbocycles. The minimum atomic E-state index is 0.287. The van der Waals surface area contributed by atoms with Gasteiger partial charge < -0.3 is 5.32 Å². The van der Waals surface area contributed by atoms with Crippen molar-refractivity contribution in [2.75, 3.05) is 6.54 Å². The molecule has 0 saturated heterocycles. The lowest BCUT2D eigenvalue weighted by Crippen LogP contribution is -2.24. The molecule has 1 unspecified atom stereocenters. The normalized spacial score (nSPS) is 12.2. The van der Waals surface area contributed by atoms with E-state index in [0.717, 1.165) is 13.0 Å². The Hall–Kier alpha value is -1.90. The third-order valence-corrected chi connectivity index (χ3v) is 4.50. The molecule has 106 valence electrons. The minimum Gasteiger partial charge on any atom is -0.305 e. The lowest BCUT2D eigenvalue weighted by Gasteiger charge is -2.18. The van der Waals surface area contributed by atoms with Crippen LogP contribution in [0.15, 0.2) is 78.2 Å². The summed E-state index contributed by atoms with van der Waals surface area (Å²) in [5.41, 5.74) is 2.70. The molecule has 3 aromatic rings. The number of benzene rings is 2. The van der Waals surface area contributed by atoms with Crippen molar-refractivity contribution in [1.29, 1.82) is 0 Å². The van der Waals surface area contributed by atoms with Gasteiger partial charge >= 0.3 is 0 Å². The van der Waals surface area contributed by atoms with Crippen molar-refractivity contribution in [1.82, 2.24) is 5.32 Å². The lowest BCUT2D eigenvalue weighted by atomic mass is 10.0. The maximum Gasteiger partial charge on any atom is 0.0671 e. The third-order valence-electron chi connectivity index (χ3n) is 3.57. The zero-order valence-electron chi connectivity index (χ0n) is 11.9. The van der Waals surface area contributed by atoms with Crippen LogP contribution in [0.3, 0.4) is 0 Å². The SMILES string of the molecule is c1ccc(CCNC(c2ccccc2)c2cccs2)cc1. The molecule has 0 aliphatic rings. The van der Waals surface area contributed by atoms with Crippen molar-refractivity contribution in [2.45, 2.75) is 12.5 Å². The highest BCUT2D eigenvalue weighted by Crippen LogP contribution is 2.25. The van der Waals surface area contributed by atoms with Crippen molar-refractivity contribution >= 4 is 11.3 Å². The molecule has 1 atom stereocenters. The predicted octanol–water partition coefficient (Wildman–Crippen LogP) is 4.67. The van der Waals surface area contributed by atoms with Gasteiger partial charge in [-0.25, -0.2) is 0 Å². The van der Waals surface area contributed by atoms with E-state index < -0.39 is 0 Å². The largest absolute Gasteiger partial charge is 0.305 e. The molecule has 2 aromatic carbocycles. The standard InChI is InChI=1S/C19H19NS/c1-3-8-16(9-4-1)13-14-20-19(18-12-7-15-21-18)17-10-5-2-6-11-17/h1-12,15,19-20H,13-14H2. The maximum absolute atomic E-state index is 3.70. The molecule has 0 bridgehead atoms. The molecule has 0 saturated carbocycles. The second-order valence-corrected chi connectivity index (χ2v) is 6.03. The topological polar surface area (TPSA) is 12.0 Å². The summed E-state index contributed by atoms with van der Waals surface area (Å²) in [7, 11) is 0. The quantitative estimate of drug-likeness (QED) is 0.696. The first-order valence-electron chi connectivity index (χ1n) is 7.29. The first-order valence-corrected chi connectivity index (χ1v) is 8.17. The highest BCUT2D eigenvalue weighted by molar-refractivity contribution is 7.10. The Kier molecular flexibility index (Phi) is 4.82. The molecule has 21 heavy (non-hydrogen) atoms. The molecule has 1 aromatic heterocycles. The van der Waals surface area contributed by atoms with Crippen molar-refractivity contribution in [3.8, 4) is 0 Å². The van der Waals surface area contributed by atoms with Gasteiger partial charge in [0.15, 0.2) is 0 Å². The Morgan fingerprint density at radius 3 is 2.19 bits per heavy atom. The second-order valence-electron chi connectivity index (χ2n) is 5.05. The van der Waals surface area contributed by atoms with E-state index >= 15 is 0 Å². The Balaban J connectivity index is 1.69. The summed E-state index contributed by atoms with van der Waals surface area (Å²) in [5, 5.41) is 5.84. The van der Waals surface area contributed by atoms with Crippen LogP contribution >= 0.6 is 11.3 Å². The lowest BCUT2D eigenvalue weighted by molar-refractivity contribution is 0.613. The second kappa shape index (κ2) is 7.21. The zero-order valence-corrected chi connectivity index (χ0v) is 12.7. The number of hydrogen-bond acceptors (Lipinski definition) is 2. The Bertz CT molecular complexity index is 632. The van der Waals surface area contributed by atoms with Crippen LogP contribution < -0.4 is 5.32 Å². The predicted molar refractivity (Wildman–Crippen MR) is 90.8 cm³/mol. The van der Waals surface area contributed by atoms with Gasteiger partial charge in [-0.15, -0.1) is 11.3 Å². The molecule has 0 amide bonds. The molecule has 1 N–H and O–H groups in total. The first-order chi connectivity index (χ1) is 10.4. The van der Waals surface area contributed by atoms with Gasteiger partial charge in [-0.1, -0.05) is 66.7 Å². The van der Waals surface area contributed by atoms with Crippen molar-refractivity contribution in [3.63, 3.8) is 0 Å². The van der Waals surface area contributed by atoms with E-state index in [1.54, 1.807) is 0 Å². The van der Waals surface area contributed by atoms with Crippen molar-refractivity contribution < 1.29 is 0 Å². The molecular formula is C19H19NS. The molecule has 3 rings (SSSR count). The number of hydrogen-bond donors (Lipinski definition) is 1. The van der Waals surface area contributed by atoms with Crippen LogP contribution in [0.1, 0.15) is 22.0 Å². The van der Waals surface area contributed by atoms with Crippen LogP contribution in [0.4, 0.5) is 0 Å². The summed E-state index contributed by atoms with van der Waals surface area (Å²) in [6, 6.07) is 25.9. The minimum absolute atomic E-state index is 0.287. The number of thiophene rings is 1. The van der Waals surface area contributed by atoms with Crippen LogP contribution in [0, 0.1) is 0 Å². The fraction of sp³-hybridized carbons (Fsp3) is 0.158. The Morgan fingerprint density at radius 2 is 1.52 bits per heavy atom.